The van der Waals surface area contributed by atoms with Crippen LogP contribution in [0.25, 0.3) is 0 Å². The minimum absolute atomic E-state index is 0.0630. The Morgan fingerprint density at radius 3 is 2.78 bits per heavy atom. The highest BCUT2D eigenvalue weighted by Crippen LogP contribution is 2.20. The van der Waals surface area contributed by atoms with E-state index in [1.54, 1.807) is 4.68 Å². The fourth-order valence-electron chi connectivity index (χ4n) is 1.66. The average Bonchev–Trinajstić information content (AvgIpc) is 2.98. The number of rotatable bonds is 5. The van der Waals surface area contributed by atoms with Gasteiger partial charge < -0.3 is 0 Å². The first-order valence-corrected chi connectivity index (χ1v) is 6.62. The van der Waals surface area contributed by atoms with Crippen LogP contribution >= 0.6 is 11.6 Å². The van der Waals surface area contributed by atoms with E-state index in [9.17, 15) is 0 Å². The first-order chi connectivity index (χ1) is 8.60. The summed E-state index contributed by atoms with van der Waals surface area (Å²) in [6.07, 6.45) is 4.71. The molecule has 0 spiro atoms. The lowest BCUT2D eigenvalue weighted by Crippen LogP contribution is -2.05. The molecule has 18 heavy (non-hydrogen) atoms. The van der Waals surface area contributed by atoms with Crippen molar-refractivity contribution < 1.29 is 0 Å². The highest BCUT2D eigenvalue weighted by molar-refractivity contribution is 6.20. The maximum atomic E-state index is 6.12. The minimum atomic E-state index is -0.0630. The smallest absolute Gasteiger partial charge is 0.101 e. The van der Waals surface area contributed by atoms with Crippen molar-refractivity contribution in [3.05, 3.63) is 29.8 Å². The molecule has 0 fully saturated rings. The van der Waals surface area contributed by atoms with Crippen molar-refractivity contribution in [2.45, 2.75) is 45.2 Å². The zero-order chi connectivity index (χ0) is 13.1. The van der Waals surface area contributed by atoms with Gasteiger partial charge in [0.1, 0.15) is 5.69 Å². The Morgan fingerprint density at radius 2 is 2.17 bits per heavy atom. The van der Waals surface area contributed by atoms with E-state index in [2.05, 4.69) is 29.3 Å². The Hall–Kier alpha value is -1.36. The van der Waals surface area contributed by atoms with Crippen LogP contribution in [0, 0.1) is 0 Å². The maximum Gasteiger partial charge on any atom is 0.101 e. The molecule has 1 atom stereocenters. The van der Waals surface area contributed by atoms with E-state index in [0.717, 1.165) is 17.8 Å². The fourth-order valence-corrected chi connectivity index (χ4v) is 1.76. The number of aromatic nitrogens is 5. The van der Waals surface area contributed by atoms with Gasteiger partial charge in [0, 0.05) is 12.2 Å². The van der Waals surface area contributed by atoms with Gasteiger partial charge in [0.25, 0.3) is 0 Å². The van der Waals surface area contributed by atoms with Crippen molar-refractivity contribution in [2.75, 3.05) is 0 Å². The first-order valence-electron chi connectivity index (χ1n) is 6.18. The quantitative estimate of drug-likeness (QED) is 0.783. The predicted octanol–water partition coefficient (Wildman–Crippen LogP) is 2.79. The van der Waals surface area contributed by atoms with Crippen molar-refractivity contribution >= 4 is 11.6 Å². The molecule has 0 amide bonds. The number of halogens is 1. The van der Waals surface area contributed by atoms with Crippen molar-refractivity contribution in [1.29, 1.82) is 0 Å². The van der Waals surface area contributed by atoms with Crippen LogP contribution in [0.5, 0.6) is 0 Å². The van der Waals surface area contributed by atoms with Crippen LogP contribution in [0.1, 0.15) is 50.0 Å². The van der Waals surface area contributed by atoms with Crippen LogP contribution in [0.15, 0.2) is 18.5 Å². The van der Waals surface area contributed by atoms with Crippen molar-refractivity contribution in [3.63, 3.8) is 0 Å². The zero-order valence-corrected chi connectivity index (χ0v) is 11.7. The third kappa shape index (κ3) is 2.90. The summed E-state index contributed by atoms with van der Waals surface area (Å²) in [4.78, 5) is 0. The van der Waals surface area contributed by atoms with Gasteiger partial charge in [-0.1, -0.05) is 12.1 Å². The molecule has 0 aliphatic carbocycles. The molecule has 0 saturated heterocycles. The summed E-state index contributed by atoms with van der Waals surface area (Å²) in [6.45, 7) is 6.86. The summed E-state index contributed by atoms with van der Waals surface area (Å²) in [5, 5.41) is 12.6. The predicted molar refractivity (Wildman–Crippen MR) is 70.6 cm³/mol. The molecule has 2 heterocycles. The van der Waals surface area contributed by atoms with Crippen LogP contribution in [-0.2, 0) is 6.54 Å². The Balaban J connectivity index is 2.06. The molecule has 2 aromatic heterocycles. The molecule has 6 heteroatoms. The summed E-state index contributed by atoms with van der Waals surface area (Å²) in [7, 11) is 0. The molecule has 2 rings (SSSR count). The van der Waals surface area contributed by atoms with E-state index >= 15 is 0 Å². The third-order valence-electron chi connectivity index (χ3n) is 2.75. The lowest BCUT2D eigenvalue weighted by atomic mass is 10.3. The van der Waals surface area contributed by atoms with Gasteiger partial charge in [0.15, 0.2) is 0 Å². The number of nitrogens with zero attached hydrogens (tertiary/aromatic N) is 5. The Bertz CT molecular complexity index is 502. The van der Waals surface area contributed by atoms with Crippen LogP contribution < -0.4 is 0 Å². The lowest BCUT2D eigenvalue weighted by Gasteiger charge is -2.03. The molecule has 0 bridgehead atoms. The van der Waals surface area contributed by atoms with E-state index in [0.29, 0.717) is 12.6 Å². The SMILES string of the molecule is CCC(Cl)c1cn(Cc2ccn(C(C)C)n2)nn1. The number of hydrogen-bond acceptors (Lipinski definition) is 3. The van der Waals surface area contributed by atoms with Gasteiger partial charge in [-0.3, -0.25) is 4.68 Å². The van der Waals surface area contributed by atoms with Gasteiger partial charge in [0.05, 0.1) is 23.8 Å². The van der Waals surface area contributed by atoms with Crippen LogP contribution in [0.4, 0.5) is 0 Å². The summed E-state index contributed by atoms with van der Waals surface area (Å²) < 4.78 is 3.71. The Morgan fingerprint density at radius 1 is 1.39 bits per heavy atom. The van der Waals surface area contributed by atoms with Crippen molar-refractivity contribution in [3.8, 4) is 0 Å². The minimum Gasteiger partial charge on any atom is -0.270 e. The average molecular weight is 268 g/mol. The van der Waals surface area contributed by atoms with Gasteiger partial charge in [-0.05, 0) is 26.3 Å². The molecule has 1 unspecified atom stereocenters. The van der Waals surface area contributed by atoms with Crippen LogP contribution in [0.3, 0.4) is 0 Å². The third-order valence-corrected chi connectivity index (χ3v) is 3.28. The molecular weight excluding hydrogens is 250 g/mol. The van der Waals surface area contributed by atoms with Gasteiger partial charge in [-0.15, -0.1) is 16.7 Å². The molecule has 0 N–H and O–H groups in total. The summed E-state index contributed by atoms with van der Waals surface area (Å²) >= 11 is 6.12. The topological polar surface area (TPSA) is 48.5 Å². The van der Waals surface area contributed by atoms with Crippen molar-refractivity contribution in [2.24, 2.45) is 0 Å². The first kappa shape index (κ1) is 13.1. The van der Waals surface area contributed by atoms with Gasteiger partial charge in [-0.2, -0.15) is 5.10 Å². The Labute approximate surface area is 112 Å². The lowest BCUT2D eigenvalue weighted by molar-refractivity contribution is 0.519. The van der Waals surface area contributed by atoms with E-state index in [-0.39, 0.29) is 5.38 Å². The standard InChI is InChI=1S/C12H18ClN5/c1-4-11(13)12-8-17(16-14-12)7-10-5-6-18(15-10)9(2)3/h5-6,8-9,11H,4,7H2,1-3H3. The zero-order valence-electron chi connectivity index (χ0n) is 10.9. The maximum absolute atomic E-state index is 6.12. The van der Waals surface area contributed by atoms with Crippen LogP contribution in [0.2, 0.25) is 0 Å². The molecule has 0 aliphatic rings. The molecule has 0 radical (unpaired) electrons. The molecule has 0 aromatic carbocycles. The van der Waals surface area contributed by atoms with E-state index in [1.165, 1.54) is 0 Å². The monoisotopic (exact) mass is 267 g/mol. The summed E-state index contributed by atoms with van der Waals surface area (Å²) in [5.74, 6) is 0. The van der Waals surface area contributed by atoms with E-state index in [4.69, 9.17) is 11.6 Å². The van der Waals surface area contributed by atoms with Gasteiger partial charge >= 0.3 is 0 Å². The van der Waals surface area contributed by atoms with E-state index in [1.807, 2.05) is 30.1 Å². The number of hydrogen-bond donors (Lipinski definition) is 0. The molecule has 0 saturated carbocycles. The second-order valence-electron chi connectivity index (χ2n) is 4.60. The summed E-state index contributed by atoms with van der Waals surface area (Å²) in [6, 6.07) is 2.37. The molecular formula is C12H18ClN5. The second-order valence-corrected chi connectivity index (χ2v) is 5.12. The van der Waals surface area contributed by atoms with Gasteiger partial charge in [-0.25, -0.2) is 4.68 Å². The fraction of sp³-hybridized carbons (Fsp3) is 0.583. The summed E-state index contributed by atoms with van der Waals surface area (Å²) in [5.41, 5.74) is 1.80. The highest BCUT2D eigenvalue weighted by atomic mass is 35.5. The number of alkyl halides is 1. The molecule has 5 nitrogen and oxygen atoms in total. The van der Waals surface area contributed by atoms with Crippen LogP contribution in [-0.4, -0.2) is 24.8 Å². The highest BCUT2D eigenvalue weighted by Gasteiger charge is 2.10. The largest absolute Gasteiger partial charge is 0.270 e. The van der Waals surface area contributed by atoms with Crippen molar-refractivity contribution in [1.82, 2.24) is 24.8 Å². The molecule has 98 valence electrons. The van der Waals surface area contributed by atoms with E-state index < -0.39 is 0 Å². The second kappa shape index (κ2) is 5.52. The Kier molecular flexibility index (Phi) is 4.01. The normalized spacial score (nSPS) is 13.2. The molecule has 0 aliphatic heterocycles. The van der Waals surface area contributed by atoms with Gasteiger partial charge in [0.2, 0.25) is 0 Å². The molecule has 2 aromatic rings.